The van der Waals surface area contributed by atoms with Gasteiger partial charge in [-0.15, -0.1) is 0 Å². The van der Waals surface area contributed by atoms with Gasteiger partial charge in [-0.2, -0.15) is 0 Å². The molecule has 4 heteroatoms. The molecule has 88 valence electrons. The van der Waals surface area contributed by atoms with E-state index in [1.165, 1.54) is 32.4 Å². The molecule has 1 atom stereocenters. The molecule has 0 saturated carbocycles. The Morgan fingerprint density at radius 3 is 3.12 bits per heavy atom. The molecule has 0 radical (unpaired) electrons. The number of piperidine rings is 1. The molecule has 0 amide bonds. The van der Waals surface area contributed by atoms with E-state index < -0.39 is 0 Å². The first-order chi connectivity index (χ1) is 7.84. The van der Waals surface area contributed by atoms with Crippen LogP contribution in [0.1, 0.15) is 19.3 Å². The highest BCUT2D eigenvalue weighted by molar-refractivity contribution is 5.45. The topological polar surface area (TPSA) is 63.0 Å². The Bertz CT molecular complexity index is 303. The van der Waals surface area contributed by atoms with Crippen molar-refractivity contribution in [1.29, 1.82) is 0 Å². The van der Waals surface area contributed by atoms with Crippen molar-refractivity contribution in [3.8, 4) is 0 Å². The van der Waals surface area contributed by atoms with E-state index in [1.54, 1.807) is 6.20 Å². The maximum absolute atomic E-state index is 5.53. The van der Waals surface area contributed by atoms with E-state index >= 15 is 0 Å². The van der Waals surface area contributed by atoms with E-state index in [4.69, 9.17) is 5.73 Å². The molecule has 4 nitrogen and oxygen atoms in total. The van der Waals surface area contributed by atoms with Crippen molar-refractivity contribution in [2.75, 3.05) is 30.7 Å². The minimum absolute atomic E-state index is 0.571. The smallest absolute Gasteiger partial charge is 0.123 e. The molecule has 0 aromatic carbocycles. The van der Waals surface area contributed by atoms with Crippen LogP contribution in [-0.2, 0) is 0 Å². The summed E-state index contributed by atoms with van der Waals surface area (Å²) in [6, 6.07) is 3.80. The summed E-state index contributed by atoms with van der Waals surface area (Å²) in [5, 5.41) is 6.81. The first kappa shape index (κ1) is 11.2. The molecule has 0 spiro atoms. The van der Waals surface area contributed by atoms with Crippen LogP contribution in [0, 0.1) is 5.92 Å². The van der Waals surface area contributed by atoms with Crippen LogP contribution >= 0.6 is 0 Å². The Labute approximate surface area is 96.6 Å². The number of aromatic nitrogens is 1. The third kappa shape index (κ3) is 3.38. The minimum Gasteiger partial charge on any atom is -0.384 e. The number of nitrogens with two attached hydrogens (primary N) is 1. The molecule has 2 rings (SSSR count). The second kappa shape index (κ2) is 5.70. The van der Waals surface area contributed by atoms with Gasteiger partial charge in [0, 0.05) is 6.54 Å². The zero-order chi connectivity index (χ0) is 11.2. The molecule has 16 heavy (non-hydrogen) atoms. The van der Waals surface area contributed by atoms with Gasteiger partial charge in [-0.05, 0) is 50.4 Å². The maximum atomic E-state index is 5.53. The van der Waals surface area contributed by atoms with Gasteiger partial charge in [0.1, 0.15) is 5.82 Å². The van der Waals surface area contributed by atoms with Gasteiger partial charge in [-0.25, -0.2) is 4.98 Å². The molecule has 4 N–H and O–H groups in total. The first-order valence-electron chi connectivity index (χ1n) is 6.01. The molecule has 1 aliphatic heterocycles. The van der Waals surface area contributed by atoms with Crippen molar-refractivity contribution in [1.82, 2.24) is 10.3 Å². The third-order valence-corrected chi connectivity index (χ3v) is 3.07. The third-order valence-electron chi connectivity index (χ3n) is 3.07. The SMILES string of the molecule is Nc1ccc(NCCC2CCCNC2)cn1. The fourth-order valence-corrected chi connectivity index (χ4v) is 2.10. The highest BCUT2D eigenvalue weighted by Crippen LogP contribution is 2.14. The molecule has 2 heterocycles. The number of hydrogen-bond acceptors (Lipinski definition) is 4. The maximum Gasteiger partial charge on any atom is 0.123 e. The van der Waals surface area contributed by atoms with Crippen molar-refractivity contribution < 1.29 is 0 Å². The van der Waals surface area contributed by atoms with E-state index in [-0.39, 0.29) is 0 Å². The predicted octanol–water partition coefficient (Wildman–Crippen LogP) is 1.47. The number of nitrogen functional groups attached to an aromatic ring is 1. The van der Waals surface area contributed by atoms with Crippen molar-refractivity contribution in [2.45, 2.75) is 19.3 Å². The van der Waals surface area contributed by atoms with Crippen LogP contribution in [0.25, 0.3) is 0 Å². The molecule has 1 aromatic rings. The van der Waals surface area contributed by atoms with Gasteiger partial charge in [0.2, 0.25) is 0 Å². The lowest BCUT2D eigenvalue weighted by molar-refractivity contribution is 0.364. The minimum atomic E-state index is 0.571. The monoisotopic (exact) mass is 220 g/mol. The van der Waals surface area contributed by atoms with Crippen LogP contribution in [0.3, 0.4) is 0 Å². The fraction of sp³-hybridized carbons (Fsp3) is 0.583. The van der Waals surface area contributed by atoms with Crippen LogP contribution in [0.4, 0.5) is 11.5 Å². The zero-order valence-corrected chi connectivity index (χ0v) is 9.58. The van der Waals surface area contributed by atoms with Gasteiger partial charge >= 0.3 is 0 Å². The molecule has 1 unspecified atom stereocenters. The second-order valence-corrected chi connectivity index (χ2v) is 4.40. The number of anilines is 2. The molecule has 0 bridgehead atoms. The molecule has 0 aliphatic carbocycles. The van der Waals surface area contributed by atoms with Crippen molar-refractivity contribution >= 4 is 11.5 Å². The summed E-state index contributed by atoms with van der Waals surface area (Å²) >= 11 is 0. The van der Waals surface area contributed by atoms with Crippen molar-refractivity contribution in [2.24, 2.45) is 5.92 Å². The molecule has 1 fully saturated rings. The van der Waals surface area contributed by atoms with Gasteiger partial charge < -0.3 is 16.4 Å². The molecular formula is C12H20N4. The number of nitrogens with one attached hydrogen (secondary N) is 2. The van der Waals surface area contributed by atoms with Gasteiger partial charge in [0.15, 0.2) is 0 Å². The highest BCUT2D eigenvalue weighted by atomic mass is 14.9. The normalized spacial score (nSPS) is 20.6. The Morgan fingerprint density at radius 2 is 2.44 bits per heavy atom. The average Bonchev–Trinajstić information content (AvgIpc) is 2.33. The number of pyridine rings is 1. The summed E-state index contributed by atoms with van der Waals surface area (Å²) in [6.45, 7) is 3.37. The summed E-state index contributed by atoms with van der Waals surface area (Å²) < 4.78 is 0. The average molecular weight is 220 g/mol. The first-order valence-corrected chi connectivity index (χ1v) is 6.01. The lowest BCUT2D eigenvalue weighted by Gasteiger charge is -2.22. The Morgan fingerprint density at radius 1 is 1.50 bits per heavy atom. The summed E-state index contributed by atoms with van der Waals surface area (Å²) in [5.74, 6) is 1.39. The summed E-state index contributed by atoms with van der Waals surface area (Å²) in [7, 11) is 0. The highest BCUT2D eigenvalue weighted by Gasteiger charge is 2.11. The molecular weight excluding hydrogens is 200 g/mol. The van der Waals surface area contributed by atoms with Crippen LogP contribution in [-0.4, -0.2) is 24.6 Å². The lowest BCUT2D eigenvalue weighted by atomic mass is 9.96. The summed E-state index contributed by atoms with van der Waals surface area (Å²) in [4.78, 5) is 4.05. The van der Waals surface area contributed by atoms with Crippen LogP contribution in [0.15, 0.2) is 18.3 Å². The fourth-order valence-electron chi connectivity index (χ4n) is 2.10. The van der Waals surface area contributed by atoms with Gasteiger partial charge in [0.05, 0.1) is 11.9 Å². The standard InChI is InChI=1S/C12H20N4/c13-12-4-3-11(9-16-12)15-7-5-10-2-1-6-14-8-10/h3-4,9-10,14-15H,1-2,5-8H2,(H2,13,16). The van der Waals surface area contributed by atoms with Gasteiger partial charge in [0.25, 0.3) is 0 Å². The Kier molecular flexibility index (Phi) is 3.99. The van der Waals surface area contributed by atoms with Crippen LogP contribution in [0.2, 0.25) is 0 Å². The van der Waals surface area contributed by atoms with Crippen LogP contribution in [0.5, 0.6) is 0 Å². The molecule has 1 aliphatic rings. The molecule has 1 saturated heterocycles. The van der Waals surface area contributed by atoms with Gasteiger partial charge in [-0.3, -0.25) is 0 Å². The van der Waals surface area contributed by atoms with E-state index in [0.717, 1.165) is 18.2 Å². The number of nitrogens with zero attached hydrogens (tertiary/aromatic N) is 1. The zero-order valence-electron chi connectivity index (χ0n) is 9.58. The Hall–Kier alpha value is -1.29. The van der Waals surface area contributed by atoms with Crippen molar-refractivity contribution in [3.05, 3.63) is 18.3 Å². The van der Waals surface area contributed by atoms with E-state index in [9.17, 15) is 0 Å². The number of hydrogen-bond donors (Lipinski definition) is 3. The number of rotatable bonds is 4. The summed E-state index contributed by atoms with van der Waals surface area (Å²) in [5.41, 5.74) is 6.58. The Balaban J connectivity index is 1.69. The summed E-state index contributed by atoms with van der Waals surface area (Å²) in [6.07, 6.45) is 5.68. The van der Waals surface area contributed by atoms with E-state index in [2.05, 4.69) is 15.6 Å². The predicted molar refractivity (Wildman–Crippen MR) is 67.3 cm³/mol. The lowest BCUT2D eigenvalue weighted by Crippen LogP contribution is -2.30. The van der Waals surface area contributed by atoms with E-state index in [0.29, 0.717) is 5.82 Å². The van der Waals surface area contributed by atoms with Gasteiger partial charge in [-0.1, -0.05) is 0 Å². The van der Waals surface area contributed by atoms with E-state index in [1.807, 2.05) is 12.1 Å². The van der Waals surface area contributed by atoms with Crippen molar-refractivity contribution in [3.63, 3.8) is 0 Å². The second-order valence-electron chi connectivity index (χ2n) is 4.40. The largest absolute Gasteiger partial charge is 0.384 e. The quantitative estimate of drug-likeness (QED) is 0.719. The van der Waals surface area contributed by atoms with Crippen LogP contribution < -0.4 is 16.4 Å². The molecule has 1 aromatic heterocycles.